The van der Waals surface area contributed by atoms with Crippen molar-refractivity contribution in [2.75, 3.05) is 6.54 Å². The summed E-state index contributed by atoms with van der Waals surface area (Å²) < 4.78 is 13.5. The Morgan fingerprint density at radius 2 is 2.04 bits per heavy atom. The molecule has 126 valence electrons. The van der Waals surface area contributed by atoms with E-state index in [1.165, 1.54) is 12.1 Å². The van der Waals surface area contributed by atoms with Crippen LogP contribution < -0.4 is 0 Å². The van der Waals surface area contributed by atoms with E-state index in [2.05, 4.69) is 0 Å². The van der Waals surface area contributed by atoms with Gasteiger partial charge in [0.25, 0.3) is 0 Å². The second kappa shape index (κ2) is 6.57. The van der Waals surface area contributed by atoms with E-state index in [9.17, 15) is 19.4 Å². The molecule has 2 aliphatic rings. The van der Waals surface area contributed by atoms with E-state index in [4.69, 9.17) is 0 Å². The number of hydrogen-bond acceptors (Lipinski definition) is 3. The summed E-state index contributed by atoms with van der Waals surface area (Å²) >= 11 is 0. The highest BCUT2D eigenvalue weighted by atomic mass is 19.1. The molecule has 1 aromatic carbocycles. The van der Waals surface area contributed by atoms with Crippen molar-refractivity contribution in [3.63, 3.8) is 0 Å². The van der Waals surface area contributed by atoms with Gasteiger partial charge in [-0.15, -0.1) is 0 Å². The van der Waals surface area contributed by atoms with Crippen molar-refractivity contribution in [1.82, 2.24) is 4.90 Å². The Bertz CT molecular complexity index is 571. The van der Waals surface area contributed by atoms with Crippen LogP contribution in [0.4, 0.5) is 4.39 Å². The van der Waals surface area contributed by atoms with Crippen LogP contribution in [0.5, 0.6) is 0 Å². The first-order chi connectivity index (χ1) is 11.0. The van der Waals surface area contributed by atoms with Crippen molar-refractivity contribution in [3.05, 3.63) is 35.6 Å². The molecule has 1 saturated heterocycles. The van der Waals surface area contributed by atoms with Crippen molar-refractivity contribution in [2.45, 2.75) is 62.7 Å². The van der Waals surface area contributed by atoms with Crippen LogP contribution >= 0.6 is 0 Å². The number of β-amino-alcohol motifs (C(OH)–C–C–N with tert-alkyl or cyclic N) is 1. The van der Waals surface area contributed by atoms with Gasteiger partial charge < -0.3 is 15.1 Å². The predicted octanol–water partition coefficient (Wildman–Crippen LogP) is 2.55. The van der Waals surface area contributed by atoms with Gasteiger partial charge in [0.1, 0.15) is 5.82 Å². The molecule has 1 aromatic rings. The van der Waals surface area contributed by atoms with E-state index in [1.807, 2.05) is 0 Å². The lowest BCUT2D eigenvalue weighted by Crippen LogP contribution is -2.40. The molecule has 0 unspecified atom stereocenters. The van der Waals surface area contributed by atoms with Crippen LogP contribution in [-0.4, -0.2) is 39.3 Å². The molecule has 0 radical (unpaired) electrons. The van der Waals surface area contributed by atoms with E-state index in [-0.39, 0.29) is 30.7 Å². The molecule has 2 fully saturated rings. The zero-order chi connectivity index (χ0) is 16.4. The highest BCUT2D eigenvalue weighted by Crippen LogP contribution is 2.36. The van der Waals surface area contributed by atoms with Crippen molar-refractivity contribution in [3.8, 4) is 0 Å². The van der Waals surface area contributed by atoms with Crippen molar-refractivity contribution >= 4 is 5.91 Å². The molecule has 2 atom stereocenters. The third-order valence-electron chi connectivity index (χ3n) is 5.10. The number of halogens is 1. The maximum absolute atomic E-state index is 13.5. The number of benzene rings is 1. The summed E-state index contributed by atoms with van der Waals surface area (Å²) in [5, 5.41) is 20.6. The first-order valence-electron chi connectivity index (χ1n) is 8.42. The number of amides is 1. The minimum Gasteiger partial charge on any atom is -0.391 e. The average molecular weight is 321 g/mol. The monoisotopic (exact) mass is 321 g/mol. The Kier molecular flexibility index (Phi) is 4.69. The van der Waals surface area contributed by atoms with Gasteiger partial charge in [-0.1, -0.05) is 31.4 Å². The van der Waals surface area contributed by atoms with Crippen LogP contribution in [0.3, 0.4) is 0 Å². The van der Waals surface area contributed by atoms with Gasteiger partial charge in [-0.05, 0) is 37.0 Å². The number of hydrogen-bond donors (Lipinski definition) is 2. The standard InChI is InChI=1S/C18H24FNO3/c19-14-6-4-5-13(9-14)16-10-15(21)12-20(16)17(22)11-18(23)7-2-1-3-8-18/h4-6,9,15-16,21,23H,1-3,7-8,10-12H2/t15-,16+/m0/s1. The van der Waals surface area contributed by atoms with Crippen LogP contribution in [0.25, 0.3) is 0 Å². The second-order valence-corrected chi connectivity index (χ2v) is 6.97. The first kappa shape index (κ1) is 16.4. The summed E-state index contributed by atoms with van der Waals surface area (Å²) in [7, 11) is 0. The minimum absolute atomic E-state index is 0.0888. The number of rotatable bonds is 3. The zero-order valence-corrected chi connectivity index (χ0v) is 13.2. The first-order valence-corrected chi connectivity index (χ1v) is 8.42. The summed E-state index contributed by atoms with van der Waals surface area (Å²) in [6.07, 6.45) is 4.19. The maximum atomic E-state index is 13.5. The van der Waals surface area contributed by atoms with E-state index in [0.29, 0.717) is 24.8 Å². The predicted molar refractivity (Wildman–Crippen MR) is 84.1 cm³/mol. The third kappa shape index (κ3) is 3.72. The lowest BCUT2D eigenvalue weighted by Gasteiger charge is -2.34. The molecule has 23 heavy (non-hydrogen) atoms. The topological polar surface area (TPSA) is 60.8 Å². The molecule has 1 saturated carbocycles. The summed E-state index contributed by atoms with van der Waals surface area (Å²) in [4.78, 5) is 14.3. The molecule has 0 aromatic heterocycles. The Hall–Kier alpha value is -1.46. The van der Waals surface area contributed by atoms with Crippen LogP contribution in [0, 0.1) is 5.82 Å². The van der Waals surface area contributed by atoms with Crippen molar-refractivity contribution < 1.29 is 19.4 Å². The van der Waals surface area contributed by atoms with Crippen LogP contribution in [0.2, 0.25) is 0 Å². The normalized spacial score (nSPS) is 27.2. The molecule has 1 aliphatic heterocycles. The molecule has 0 bridgehead atoms. The van der Waals surface area contributed by atoms with Gasteiger partial charge in [-0.3, -0.25) is 4.79 Å². The molecule has 1 amide bonds. The van der Waals surface area contributed by atoms with Gasteiger partial charge in [-0.25, -0.2) is 4.39 Å². The molecule has 2 N–H and O–H groups in total. The third-order valence-corrected chi connectivity index (χ3v) is 5.10. The highest BCUT2D eigenvalue weighted by Gasteiger charge is 2.39. The molecule has 1 aliphatic carbocycles. The Morgan fingerprint density at radius 3 is 2.74 bits per heavy atom. The van der Waals surface area contributed by atoms with Gasteiger partial charge in [-0.2, -0.15) is 0 Å². The van der Waals surface area contributed by atoms with E-state index in [0.717, 1.165) is 19.3 Å². The average Bonchev–Trinajstić information content (AvgIpc) is 2.90. The summed E-state index contributed by atoms with van der Waals surface area (Å²) in [5.41, 5.74) is -0.222. The fraction of sp³-hybridized carbons (Fsp3) is 0.611. The lowest BCUT2D eigenvalue weighted by molar-refractivity contribution is -0.139. The Balaban J connectivity index is 1.75. The van der Waals surface area contributed by atoms with E-state index < -0.39 is 11.7 Å². The van der Waals surface area contributed by atoms with Crippen molar-refractivity contribution in [1.29, 1.82) is 0 Å². The fourth-order valence-corrected chi connectivity index (χ4v) is 3.89. The lowest BCUT2D eigenvalue weighted by atomic mass is 9.82. The number of aliphatic hydroxyl groups is 2. The summed E-state index contributed by atoms with van der Waals surface area (Å²) in [5.74, 6) is -0.498. The number of likely N-dealkylation sites (tertiary alicyclic amines) is 1. The summed E-state index contributed by atoms with van der Waals surface area (Å²) in [6.45, 7) is 0.246. The molecule has 3 rings (SSSR count). The molecule has 0 spiro atoms. The van der Waals surface area contributed by atoms with Gasteiger partial charge in [0.2, 0.25) is 5.91 Å². The number of carbonyl (C=O) groups is 1. The smallest absolute Gasteiger partial charge is 0.226 e. The van der Waals surface area contributed by atoms with Crippen LogP contribution in [0.1, 0.15) is 56.6 Å². The van der Waals surface area contributed by atoms with Crippen molar-refractivity contribution in [2.24, 2.45) is 0 Å². The zero-order valence-electron chi connectivity index (χ0n) is 13.2. The minimum atomic E-state index is -0.921. The van der Waals surface area contributed by atoms with Crippen LogP contribution in [-0.2, 0) is 4.79 Å². The maximum Gasteiger partial charge on any atom is 0.226 e. The SMILES string of the molecule is O=C(CC1(O)CCCCC1)N1C[C@@H](O)C[C@@H]1c1cccc(F)c1. The number of carbonyl (C=O) groups excluding carboxylic acids is 1. The Labute approximate surface area is 135 Å². The van der Waals surface area contributed by atoms with Crippen LogP contribution in [0.15, 0.2) is 24.3 Å². The molecular formula is C18H24FNO3. The summed E-state index contributed by atoms with van der Waals surface area (Å²) in [6, 6.07) is 5.86. The van der Waals surface area contributed by atoms with Gasteiger partial charge >= 0.3 is 0 Å². The molecule has 5 heteroatoms. The Morgan fingerprint density at radius 1 is 1.30 bits per heavy atom. The molecular weight excluding hydrogens is 297 g/mol. The fourth-order valence-electron chi connectivity index (χ4n) is 3.89. The highest BCUT2D eigenvalue weighted by molar-refractivity contribution is 5.78. The number of nitrogens with zero attached hydrogens (tertiary/aromatic N) is 1. The number of aliphatic hydroxyl groups excluding tert-OH is 1. The van der Waals surface area contributed by atoms with Gasteiger partial charge in [0, 0.05) is 6.54 Å². The molecule has 4 nitrogen and oxygen atoms in total. The van der Waals surface area contributed by atoms with Gasteiger partial charge in [0.15, 0.2) is 0 Å². The van der Waals surface area contributed by atoms with Gasteiger partial charge in [0.05, 0.1) is 24.2 Å². The quantitative estimate of drug-likeness (QED) is 0.899. The molecule has 1 heterocycles. The van der Waals surface area contributed by atoms with E-state index >= 15 is 0 Å². The largest absolute Gasteiger partial charge is 0.391 e. The second-order valence-electron chi connectivity index (χ2n) is 6.97. The van der Waals surface area contributed by atoms with E-state index in [1.54, 1.807) is 17.0 Å².